The summed E-state index contributed by atoms with van der Waals surface area (Å²) in [5.74, 6) is -0.248. The average molecular weight is 293 g/mol. The van der Waals surface area contributed by atoms with Crippen molar-refractivity contribution in [3.63, 3.8) is 0 Å². The number of rotatable bonds is 3. The van der Waals surface area contributed by atoms with E-state index in [4.69, 9.17) is 4.74 Å². The molecule has 1 saturated heterocycles. The summed E-state index contributed by atoms with van der Waals surface area (Å²) >= 11 is 3.23. The molecule has 0 unspecified atom stereocenters. The number of halogens is 1. The zero-order valence-electron chi connectivity index (χ0n) is 9.59. The van der Waals surface area contributed by atoms with Crippen LogP contribution in [0.5, 0.6) is 0 Å². The highest BCUT2D eigenvalue weighted by Crippen LogP contribution is 2.14. The van der Waals surface area contributed by atoms with Gasteiger partial charge in [-0.15, -0.1) is 0 Å². The number of amides is 2. The molecule has 1 heterocycles. The number of nitrogens with zero attached hydrogens (tertiary/aromatic N) is 1. The predicted octanol–water partition coefficient (Wildman–Crippen LogP) is 0.135. The van der Waals surface area contributed by atoms with E-state index < -0.39 is 4.32 Å². The molecule has 16 heavy (non-hydrogen) atoms. The van der Waals surface area contributed by atoms with Crippen LogP contribution in [0.3, 0.4) is 0 Å². The van der Waals surface area contributed by atoms with E-state index in [-0.39, 0.29) is 18.4 Å². The molecule has 0 atom stereocenters. The predicted molar refractivity (Wildman–Crippen MR) is 63.4 cm³/mol. The van der Waals surface area contributed by atoms with Gasteiger partial charge in [0, 0.05) is 13.1 Å². The zero-order valence-corrected chi connectivity index (χ0v) is 11.2. The van der Waals surface area contributed by atoms with Gasteiger partial charge in [0.1, 0.15) is 0 Å². The summed E-state index contributed by atoms with van der Waals surface area (Å²) < 4.78 is 4.50. The molecule has 1 N–H and O–H groups in total. The van der Waals surface area contributed by atoms with Crippen LogP contribution >= 0.6 is 15.9 Å². The molecule has 0 aromatic rings. The van der Waals surface area contributed by atoms with Gasteiger partial charge in [0.05, 0.1) is 24.1 Å². The van der Waals surface area contributed by atoms with Gasteiger partial charge in [-0.3, -0.25) is 9.59 Å². The number of nitrogens with one attached hydrogen (secondary N) is 1. The van der Waals surface area contributed by atoms with E-state index >= 15 is 0 Å². The molecule has 0 spiro atoms. The van der Waals surface area contributed by atoms with Crippen LogP contribution in [-0.2, 0) is 14.3 Å². The van der Waals surface area contributed by atoms with Gasteiger partial charge in [-0.1, -0.05) is 15.9 Å². The Kier molecular flexibility index (Phi) is 4.73. The fourth-order valence-corrected chi connectivity index (χ4v) is 1.43. The highest BCUT2D eigenvalue weighted by molar-refractivity contribution is 9.10. The molecule has 1 rings (SSSR count). The fraction of sp³-hybridized carbons (Fsp3) is 0.800. The molecule has 0 saturated carbocycles. The number of morpholine rings is 1. The molecular weight excluding hydrogens is 276 g/mol. The summed E-state index contributed by atoms with van der Waals surface area (Å²) in [6.45, 7) is 5.88. The van der Waals surface area contributed by atoms with Crippen LogP contribution in [0.2, 0.25) is 0 Å². The number of alkyl halides is 1. The van der Waals surface area contributed by atoms with Gasteiger partial charge in [-0.25, -0.2) is 0 Å². The van der Waals surface area contributed by atoms with Crippen molar-refractivity contribution in [1.82, 2.24) is 10.2 Å². The lowest BCUT2D eigenvalue weighted by Crippen LogP contribution is -2.48. The minimum absolute atomic E-state index is 0.0495. The van der Waals surface area contributed by atoms with Gasteiger partial charge < -0.3 is 15.0 Å². The summed E-state index contributed by atoms with van der Waals surface area (Å²) in [6, 6.07) is 0. The van der Waals surface area contributed by atoms with E-state index in [0.29, 0.717) is 26.3 Å². The second-order valence-electron chi connectivity index (χ2n) is 4.15. The fourth-order valence-electron chi connectivity index (χ4n) is 1.29. The number of hydrogen-bond donors (Lipinski definition) is 1. The SMILES string of the molecule is CC(C)(Br)C(=O)NCC(=O)N1CCOCC1. The van der Waals surface area contributed by atoms with Crippen LogP contribution in [0.4, 0.5) is 0 Å². The first kappa shape index (κ1) is 13.4. The van der Waals surface area contributed by atoms with Crippen molar-refractivity contribution in [1.29, 1.82) is 0 Å². The number of carbonyl (C=O) groups is 2. The lowest BCUT2D eigenvalue weighted by molar-refractivity contribution is -0.136. The highest BCUT2D eigenvalue weighted by atomic mass is 79.9. The molecule has 5 nitrogen and oxygen atoms in total. The molecule has 2 amide bonds. The summed E-state index contributed by atoms with van der Waals surface area (Å²) in [4.78, 5) is 24.9. The molecule has 92 valence electrons. The van der Waals surface area contributed by atoms with Crippen molar-refractivity contribution >= 4 is 27.7 Å². The van der Waals surface area contributed by atoms with E-state index in [1.165, 1.54) is 0 Å². The first-order valence-corrected chi connectivity index (χ1v) is 6.03. The molecule has 0 radical (unpaired) electrons. The second-order valence-corrected chi connectivity index (χ2v) is 6.13. The summed E-state index contributed by atoms with van der Waals surface area (Å²) in [7, 11) is 0. The Morgan fingerprint density at radius 1 is 1.38 bits per heavy atom. The monoisotopic (exact) mass is 292 g/mol. The van der Waals surface area contributed by atoms with Gasteiger partial charge in [-0.2, -0.15) is 0 Å². The normalized spacial score (nSPS) is 17.1. The van der Waals surface area contributed by atoms with Crippen molar-refractivity contribution in [2.75, 3.05) is 32.8 Å². The first-order valence-electron chi connectivity index (χ1n) is 5.24. The van der Waals surface area contributed by atoms with Gasteiger partial charge in [-0.05, 0) is 13.8 Å². The molecule has 1 fully saturated rings. The first-order chi connectivity index (χ1) is 7.41. The van der Waals surface area contributed by atoms with Gasteiger partial charge in [0.25, 0.3) is 0 Å². The topological polar surface area (TPSA) is 58.6 Å². The minimum Gasteiger partial charge on any atom is -0.378 e. The Bertz CT molecular complexity index is 270. The Balaban J connectivity index is 2.32. The lowest BCUT2D eigenvalue weighted by atomic mass is 10.2. The maximum atomic E-state index is 11.7. The third-order valence-corrected chi connectivity index (χ3v) is 2.66. The summed E-state index contributed by atoms with van der Waals surface area (Å²) in [5.41, 5.74) is 0. The van der Waals surface area contributed by atoms with Crippen LogP contribution in [0, 0.1) is 0 Å². The zero-order chi connectivity index (χ0) is 12.2. The maximum Gasteiger partial charge on any atom is 0.242 e. The van der Waals surface area contributed by atoms with Crippen molar-refractivity contribution in [3.05, 3.63) is 0 Å². The molecule has 0 aromatic heterocycles. The number of ether oxygens (including phenoxy) is 1. The summed E-state index contributed by atoms with van der Waals surface area (Å²) in [6.07, 6.45) is 0. The molecule has 6 heteroatoms. The van der Waals surface area contributed by atoms with Crippen molar-refractivity contribution in [2.24, 2.45) is 0 Å². The molecule has 1 aliphatic heterocycles. The maximum absolute atomic E-state index is 11.7. The van der Waals surface area contributed by atoms with Crippen LogP contribution in [0.15, 0.2) is 0 Å². The highest BCUT2D eigenvalue weighted by Gasteiger charge is 2.25. The lowest BCUT2D eigenvalue weighted by Gasteiger charge is -2.27. The Morgan fingerprint density at radius 2 is 1.94 bits per heavy atom. The molecule has 0 aromatic carbocycles. The smallest absolute Gasteiger partial charge is 0.242 e. The minimum atomic E-state index is -0.641. The number of carbonyl (C=O) groups excluding carboxylic acids is 2. The third kappa shape index (κ3) is 4.09. The van der Waals surface area contributed by atoms with Crippen LogP contribution in [0.1, 0.15) is 13.8 Å². The van der Waals surface area contributed by atoms with Crippen molar-refractivity contribution in [2.45, 2.75) is 18.2 Å². The van der Waals surface area contributed by atoms with E-state index in [1.54, 1.807) is 18.7 Å². The van der Waals surface area contributed by atoms with E-state index in [0.717, 1.165) is 0 Å². The van der Waals surface area contributed by atoms with Gasteiger partial charge in [0.2, 0.25) is 11.8 Å². The van der Waals surface area contributed by atoms with Gasteiger partial charge >= 0.3 is 0 Å². The standard InChI is InChI=1S/C10H17BrN2O3/c1-10(2,11)9(15)12-7-8(14)13-3-5-16-6-4-13/h3-7H2,1-2H3,(H,12,15). The van der Waals surface area contributed by atoms with Crippen LogP contribution in [-0.4, -0.2) is 53.9 Å². The summed E-state index contributed by atoms with van der Waals surface area (Å²) in [5, 5.41) is 2.60. The van der Waals surface area contributed by atoms with Crippen LogP contribution in [0.25, 0.3) is 0 Å². The van der Waals surface area contributed by atoms with Crippen LogP contribution < -0.4 is 5.32 Å². The third-order valence-electron chi connectivity index (χ3n) is 2.30. The Hall–Kier alpha value is -0.620. The molecule has 0 bridgehead atoms. The second kappa shape index (κ2) is 5.63. The quantitative estimate of drug-likeness (QED) is 0.753. The Morgan fingerprint density at radius 3 is 2.44 bits per heavy atom. The molecule has 0 aliphatic carbocycles. The van der Waals surface area contributed by atoms with E-state index in [2.05, 4.69) is 21.2 Å². The van der Waals surface area contributed by atoms with Gasteiger partial charge in [0.15, 0.2) is 0 Å². The van der Waals surface area contributed by atoms with Crippen molar-refractivity contribution in [3.8, 4) is 0 Å². The average Bonchev–Trinajstić information content (AvgIpc) is 2.25. The van der Waals surface area contributed by atoms with E-state index in [9.17, 15) is 9.59 Å². The van der Waals surface area contributed by atoms with Crippen molar-refractivity contribution < 1.29 is 14.3 Å². The Labute approximate surface area is 104 Å². The largest absolute Gasteiger partial charge is 0.378 e. The molecule has 1 aliphatic rings. The number of hydrogen-bond acceptors (Lipinski definition) is 3. The molecular formula is C10H17BrN2O3. The van der Waals surface area contributed by atoms with E-state index in [1.807, 2.05) is 0 Å².